The van der Waals surface area contributed by atoms with Gasteiger partial charge >= 0.3 is 0 Å². The van der Waals surface area contributed by atoms with Crippen molar-refractivity contribution < 1.29 is 9.50 Å². The minimum Gasteiger partial charge on any atom is -0.510 e. The normalized spacial score (nSPS) is 13.1. The molecule has 29 heavy (non-hydrogen) atoms. The smallest absolute Gasteiger partial charge is 0.173 e. The van der Waals surface area contributed by atoms with E-state index in [1.165, 1.54) is 35.2 Å². The molecule has 4 aromatic rings. The molecule has 1 N–H and O–H groups in total. The monoisotopic (exact) mass is 422 g/mol. The van der Waals surface area contributed by atoms with Crippen LogP contribution in [0.15, 0.2) is 71.8 Å². The maximum Gasteiger partial charge on any atom is 0.173 e. The Labute approximate surface area is 174 Å². The molecule has 1 unspecified atom stereocenters. The van der Waals surface area contributed by atoms with Gasteiger partial charge in [0.25, 0.3) is 0 Å². The molecule has 2 aromatic heterocycles. The SMILES string of the molecule is CC(Sc1nccn1-c1cccc(F)c1)/C(O)=C(\C#N)c1nc2ccccc2s1. The Hall–Kier alpha value is -3.15. The minimum absolute atomic E-state index is 0.0645. The summed E-state index contributed by atoms with van der Waals surface area (Å²) >= 11 is 2.64. The topological polar surface area (TPSA) is 74.7 Å². The second kappa shape index (κ2) is 8.07. The highest BCUT2D eigenvalue weighted by Gasteiger charge is 2.21. The fourth-order valence-electron chi connectivity index (χ4n) is 2.81. The van der Waals surface area contributed by atoms with Crippen molar-refractivity contribution in [3.63, 3.8) is 0 Å². The molecule has 0 bridgehead atoms. The molecule has 0 aliphatic rings. The molecule has 0 saturated carbocycles. The molecule has 5 nitrogen and oxygen atoms in total. The number of hydrogen-bond donors (Lipinski definition) is 1. The largest absolute Gasteiger partial charge is 0.510 e. The van der Waals surface area contributed by atoms with Crippen molar-refractivity contribution in [3.8, 4) is 11.8 Å². The third-order valence-corrected chi connectivity index (χ3v) is 6.38. The average Bonchev–Trinajstić information content (AvgIpc) is 3.35. The average molecular weight is 423 g/mol. The third-order valence-electron chi connectivity index (χ3n) is 4.24. The summed E-state index contributed by atoms with van der Waals surface area (Å²) in [5.74, 6) is -0.407. The second-order valence-corrected chi connectivity index (χ2v) is 8.52. The second-order valence-electron chi connectivity index (χ2n) is 6.18. The molecule has 144 valence electrons. The molecule has 0 spiro atoms. The number of fused-ring (bicyclic) bond motifs is 1. The minimum atomic E-state index is -0.452. The highest BCUT2D eigenvalue weighted by atomic mass is 32.2. The van der Waals surface area contributed by atoms with Gasteiger partial charge in [-0.15, -0.1) is 11.3 Å². The third kappa shape index (κ3) is 3.88. The number of thiazole rings is 1. The number of para-hydroxylation sites is 1. The van der Waals surface area contributed by atoms with E-state index in [9.17, 15) is 14.8 Å². The van der Waals surface area contributed by atoms with E-state index in [2.05, 4.69) is 16.0 Å². The van der Waals surface area contributed by atoms with Crippen LogP contribution < -0.4 is 0 Å². The molecule has 0 radical (unpaired) electrons. The number of rotatable bonds is 5. The molecule has 8 heteroatoms. The van der Waals surface area contributed by atoms with Crippen LogP contribution in [0.5, 0.6) is 0 Å². The molecule has 0 aliphatic carbocycles. The number of nitrogens with zero attached hydrogens (tertiary/aromatic N) is 4. The molecule has 4 rings (SSSR count). The fourth-order valence-corrected chi connectivity index (χ4v) is 4.73. The summed E-state index contributed by atoms with van der Waals surface area (Å²) in [6.45, 7) is 1.79. The number of nitriles is 1. The first kappa shape index (κ1) is 19.2. The number of imidazole rings is 1. The summed E-state index contributed by atoms with van der Waals surface area (Å²) in [5.41, 5.74) is 1.57. The Morgan fingerprint density at radius 1 is 1.28 bits per heavy atom. The zero-order chi connectivity index (χ0) is 20.4. The van der Waals surface area contributed by atoms with Crippen molar-refractivity contribution in [1.82, 2.24) is 14.5 Å². The van der Waals surface area contributed by atoms with Crippen molar-refractivity contribution >= 4 is 38.9 Å². The van der Waals surface area contributed by atoms with Gasteiger partial charge in [-0.25, -0.2) is 14.4 Å². The van der Waals surface area contributed by atoms with Crippen LogP contribution in [0.1, 0.15) is 11.9 Å². The molecular weight excluding hydrogens is 407 g/mol. The number of hydrogen-bond acceptors (Lipinski definition) is 6. The molecule has 2 aromatic carbocycles. The van der Waals surface area contributed by atoms with Gasteiger partial charge in [-0.3, -0.25) is 4.57 Å². The lowest BCUT2D eigenvalue weighted by Gasteiger charge is -2.13. The quantitative estimate of drug-likeness (QED) is 0.258. The van der Waals surface area contributed by atoms with Crippen LogP contribution in [-0.2, 0) is 0 Å². The number of thioether (sulfide) groups is 1. The van der Waals surface area contributed by atoms with Gasteiger partial charge in [0.2, 0.25) is 0 Å². The first-order valence-electron chi connectivity index (χ1n) is 8.72. The summed E-state index contributed by atoms with van der Waals surface area (Å²) in [4.78, 5) is 8.78. The van der Waals surface area contributed by atoms with Crippen LogP contribution in [0, 0.1) is 17.1 Å². The Bertz CT molecular complexity index is 1220. The molecule has 0 aliphatic heterocycles. The Morgan fingerprint density at radius 3 is 2.86 bits per heavy atom. The van der Waals surface area contributed by atoms with Crippen molar-refractivity contribution in [3.05, 3.63) is 77.5 Å². The van der Waals surface area contributed by atoms with E-state index in [-0.39, 0.29) is 17.1 Å². The standard InChI is InChI=1S/C21H15FN4OS2/c1-13(28-21-24-9-10-26(21)15-6-4-5-14(22)11-15)19(27)16(12-23)20-25-17-7-2-3-8-18(17)29-20/h2-11,13,27H,1H3/b19-16-. The molecule has 1 atom stereocenters. The van der Waals surface area contributed by atoms with Gasteiger partial charge in [0.05, 0.1) is 21.2 Å². The molecular formula is C21H15FN4OS2. The lowest BCUT2D eigenvalue weighted by atomic mass is 10.2. The van der Waals surface area contributed by atoms with Crippen molar-refractivity contribution in [1.29, 1.82) is 5.26 Å². The van der Waals surface area contributed by atoms with Gasteiger partial charge in [-0.1, -0.05) is 30.0 Å². The van der Waals surface area contributed by atoms with Gasteiger partial charge in [0.15, 0.2) is 5.16 Å². The number of benzene rings is 2. The summed E-state index contributed by atoms with van der Waals surface area (Å²) in [6, 6.07) is 15.9. The lowest BCUT2D eigenvalue weighted by molar-refractivity contribution is 0.402. The Kier molecular flexibility index (Phi) is 5.34. The predicted molar refractivity (Wildman–Crippen MR) is 114 cm³/mol. The van der Waals surface area contributed by atoms with Crippen LogP contribution in [-0.4, -0.2) is 24.9 Å². The predicted octanol–water partition coefficient (Wildman–Crippen LogP) is 5.59. The Morgan fingerprint density at radius 2 is 2.10 bits per heavy atom. The van der Waals surface area contributed by atoms with E-state index in [0.29, 0.717) is 15.9 Å². The zero-order valence-corrected chi connectivity index (χ0v) is 16.9. The van der Waals surface area contributed by atoms with E-state index < -0.39 is 5.25 Å². The molecule has 2 heterocycles. The van der Waals surface area contributed by atoms with Crippen molar-refractivity contribution in [2.45, 2.75) is 17.3 Å². The first-order valence-corrected chi connectivity index (χ1v) is 10.4. The first-order chi connectivity index (χ1) is 14.1. The van der Waals surface area contributed by atoms with Crippen molar-refractivity contribution in [2.75, 3.05) is 0 Å². The van der Waals surface area contributed by atoms with Gasteiger partial charge in [-0.2, -0.15) is 5.26 Å². The number of allylic oxidation sites excluding steroid dienone is 1. The van der Waals surface area contributed by atoms with E-state index >= 15 is 0 Å². The number of halogens is 1. The lowest BCUT2D eigenvalue weighted by Crippen LogP contribution is -2.06. The van der Waals surface area contributed by atoms with E-state index in [1.807, 2.05) is 24.3 Å². The number of aromatic nitrogens is 3. The van der Waals surface area contributed by atoms with Crippen LogP contribution in [0.2, 0.25) is 0 Å². The van der Waals surface area contributed by atoms with E-state index in [4.69, 9.17) is 0 Å². The summed E-state index contributed by atoms with van der Waals surface area (Å²) < 4.78 is 16.3. The fraction of sp³-hybridized carbons (Fsp3) is 0.0952. The number of aliphatic hydroxyl groups excluding tert-OH is 1. The van der Waals surface area contributed by atoms with Gasteiger partial charge in [0.1, 0.15) is 28.2 Å². The van der Waals surface area contributed by atoms with E-state index in [0.717, 1.165) is 10.2 Å². The highest BCUT2D eigenvalue weighted by Crippen LogP contribution is 2.33. The van der Waals surface area contributed by atoms with Gasteiger partial charge < -0.3 is 5.11 Å². The summed E-state index contributed by atoms with van der Waals surface area (Å²) in [6.07, 6.45) is 3.34. The zero-order valence-electron chi connectivity index (χ0n) is 15.3. The van der Waals surface area contributed by atoms with Crippen LogP contribution in [0.25, 0.3) is 21.5 Å². The van der Waals surface area contributed by atoms with Gasteiger partial charge in [0, 0.05) is 12.4 Å². The van der Waals surface area contributed by atoms with Crippen LogP contribution >= 0.6 is 23.1 Å². The Balaban J connectivity index is 1.65. The van der Waals surface area contributed by atoms with Crippen LogP contribution in [0.4, 0.5) is 4.39 Å². The summed E-state index contributed by atoms with van der Waals surface area (Å²) in [7, 11) is 0. The maximum atomic E-state index is 13.6. The highest BCUT2D eigenvalue weighted by molar-refractivity contribution is 8.00. The van der Waals surface area contributed by atoms with Crippen LogP contribution in [0.3, 0.4) is 0 Å². The number of aliphatic hydroxyl groups is 1. The van der Waals surface area contributed by atoms with E-state index in [1.54, 1.807) is 36.0 Å². The molecule has 0 saturated heterocycles. The summed E-state index contributed by atoms with van der Waals surface area (Å²) in [5, 5.41) is 21.0. The van der Waals surface area contributed by atoms with Gasteiger partial charge in [-0.05, 0) is 37.3 Å². The maximum absolute atomic E-state index is 13.6. The van der Waals surface area contributed by atoms with Crippen molar-refractivity contribution in [2.24, 2.45) is 0 Å². The molecule has 0 amide bonds. The molecule has 0 fully saturated rings.